The lowest BCUT2D eigenvalue weighted by Gasteiger charge is -2.28. The summed E-state index contributed by atoms with van der Waals surface area (Å²) in [5, 5.41) is 36.6. The zero-order chi connectivity index (χ0) is 35.3. The van der Waals surface area contributed by atoms with E-state index >= 15 is 0 Å². The monoisotopic (exact) mass is 673 g/mol. The highest BCUT2D eigenvalue weighted by atomic mass is 35.5. The molecule has 1 aromatic rings. The molecule has 0 heterocycles. The van der Waals surface area contributed by atoms with Gasteiger partial charge in [0, 0.05) is 12.8 Å². The first-order valence-electron chi connectivity index (χ1n) is 14.4. The fraction of sp³-hybridized carbons (Fsp3) is 0.552. The van der Waals surface area contributed by atoms with Crippen LogP contribution in [0.1, 0.15) is 58.9 Å². The van der Waals surface area contributed by atoms with E-state index in [2.05, 4.69) is 21.3 Å². The smallest absolute Gasteiger partial charge is 0.326 e. The summed E-state index contributed by atoms with van der Waals surface area (Å²) in [5.74, 6) is -9.21. The molecule has 0 aliphatic rings. The maximum atomic E-state index is 13.8. The highest BCUT2D eigenvalue weighted by Gasteiger charge is 2.33. The average Bonchev–Trinajstić information content (AvgIpc) is 2.94. The number of carboxylic acid groups (broad SMARTS) is 3. The van der Waals surface area contributed by atoms with Gasteiger partial charge in [-0.25, -0.2) is 9.18 Å². The minimum Gasteiger partial charge on any atom is -0.481 e. The summed E-state index contributed by atoms with van der Waals surface area (Å²) in [6.45, 7) is 6.75. The summed E-state index contributed by atoms with van der Waals surface area (Å²) in [4.78, 5) is 86.2. The molecule has 0 radical (unpaired) electrons. The predicted molar refractivity (Wildman–Crippen MR) is 162 cm³/mol. The molecule has 0 saturated carbocycles. The minimum absolute atomic E-state index is 0.0575. The molecule has 17 heteroatoms. The lowest BCUT2D eigenvalue weighted by Crippen LogP contribution is -2.60. The lowest BCUT2D eigenvalue weighted by molar-refractivity contribution is -0.147. The van der Waals surface area contributed by atoms with E-state index in [9.17, 15) is 43.1 Å². The Labute approximate surface area is 269 Å². The number of rotatable bonds is 19. The van der Waals surface area contributed by atoms with Crippen LogP contribution in [-0.2, 0) is 40.0 Å². The highest BCUT2D eigenvalue weighted by molar-refractivity contribution is 6.30. The number of halogens is 2. The van der Waals surface area contributed by atoms with Crippen molar-refractivity contribution < 1.29 is 53.3 Å². The van der Waals surface area contributed by atoms with Gasteiger partial charge in [-0.3, -0.25) is 28.8 Å². The average molecular weight is 674 g/mol. The van der Waals surface area contributed by atoms with Crippen LogP contribution in [0.4, 0.5) is 4.39 Å². The van der Waals surface area contributed by atoms with Gasteiger partial charge in [0.05, 0.1) is 17.5 Å². The van der Waals surface area contributed by atoms with E-state index < -0.39 is 89.9 Å². The fourth-order valence-corrected chi connectivity index (χ4v) is 4.40. The summed E-state index contributed by atoms with van der Waals surface area (Å²) >= 11 is 5.86. The van der Waals surface area contributed by atoms with Gasteiger partial charge < -0.3 is 42.3 Å². The first-order chi connectivity index (χ1) is 21.3. The minimum atomic E-state index is -1.84. The number of carbonyl (C=O) groups excluding carboxylic acids is 4. The van der Waals surface area contributed by atoms with Crippen LogP contribution in [0.3, 0.4) is 0 Å². The second-order valence-electron chi connectivity index (χ2n) is 11.5. The Hall–Kier alpha value is -4.31. The van der Waals surface area contributed by atoms with Crippen LogP contribution in [0.2, 0.25) is 5.02 Å². The van der Waals surface area contributed by atoms with Crippen molar-refractivity contribution in [2.24, 2.45) is 17.6 Å². The Morgan fingerprint density at radius 2 is 1.37 bits per heavy atom. The fourth-order valence-electron chi connectivity index (χ4n) is 4.20. The maximum Gasteiger partial charge on any atom is 0.326 e. The van der Waals surface area contributed by atoms with Crippen molar-refractivity contribution in [3.8, 4) is 0 Å². The SMILES string of the molecule is CC(C)C[C@H](NC(=O)[C@@H](NC(=O)[C@@H](N)CCC(=O)O)C(C)C)C(=O)N[C@@H](Cc1ccc(F)c(Cl)c1)C(=O)N[C@@H](CC(=O)O)C(=O)O. The molecular formula is C29H41ClFN5O10. The standard InChI is InChI=1S/C29H41ClFN5O10/c1-13(2)9-19(34-28(44)24(14(3)4)36-25(41)18(32)7-8-22(37)38)26(42)33-20(11-15-5-6-17(31)16(30)10-15)27(43)35-21(29(45)46)12-23(39)40/h5-6,10,13-14,18-21,24H,7-9,11-12,32H2,1-4H3,(H,33,42)(H,34,44)(H,35,43)(H,36,41)(H,37,38)(H,39,40)(H,45,46)/t18-,19-,20-,21-,24-/m0/s1. The van der Waals surface area contributed by atoms with E-state index in [1.165, 1.54) is 12.1 Å². The van der Waals surface area contributed by atoms with Crippen molar-refractivity contribution in [2.45, 2.75) is 90.0 Å². The molecule has 5 atom stereocenters. The summed E-state index contributed by atoms with van der Waals surface area (Å²) in [5.41, 5.74) is 6.03. The van der Waals surface area contributed by atoms with Crippen LogP contribution < -0.4 is 27.0 Å². The molecule has 0 aliphatic carbocycles. The number of aliphatic carboxylic acids is 3. The van der Waals surface area contributed by atoms with Crippen molar-refractivity contribution in [3.63, 3.8) is 0 Å². The highest BCUT2D eigenvalue weighted by Crippen LogP contribution is 2.18. The number of hydrogen-bond donors (Lipinski definition) is 8. The Balaban J connectivity index is 3.29. The zero-order valence-electron chi connectivity index (χ0n) is 25.8. The number of carboxylic acids is 3. The Kier molecular flexibility index (Phi) is 16.1. The number of hydrogen-bond acceptors (Lipinski definition) is 8. The van der Waals surface area contributed by atoms with Gasteiger partial charge in [0.2, 0.25) is 23.6 Å². The van der Waals surface area contributed by atoms with Crippen LogP contribution in [0, 0.1) is 17.7 Å². The second-order valence-corrected chi connectivity index (χ2v) is 11.9. The largest absolute Gasteiger partial charge is 0.481 e. The van der Waals surface area contributed by atoms with E-state index in [1.807, 2.05) is 0 Å². The van der Waals surface area contributed by atoms with Crippen LogP contribution in [0.15, 0.2) is 18.2 Å². The second kappa shape index (κ2) is 18.6. The maximum absolute atomic E-state index is 13.8. The topological polar surface area (TPSA) is 254 Å². The van der Waals surface area contributed by atoms with E-state index in [1.54, 1.807) is 27.7 Å². The van der Waals surface area contributed by atoms with Gasteiger partial charge in [-0.15, -0.1) is 0 Å². The van der Waals surface area contributed by atoms with E-state index in [0.717, 1.165) is 6.07 Å². The first-order valence-corrected chi connectivity index (χ1v) is 14.8. The molecule has 1 aromatic carbocycles. The molecular weight excluding hydrogens is 633 g/mol. The summed E-state index contributed by atoms with van der Waals surface area (Å²) in [7, 11) is 0. The first kappa shape index (κ1) is 39.7. The lowest BCUT2D eigenvalue weighted by atomic mass is 9.98. The number of amides is 4. The molecule has 1 rings (SSSR count). The van der Waals surface area contributed by atoms with Crippen molar-refractivity contribution in [1.82, 2.24) is 21.3 Å². The number of benzene rings is 1. The number of nitrogens with two attached hydrogens (primary N) is 1. The quantitative estimate of drug-likeness (QED) is 0.0998. The number of nitrogens with one attached hydrogen (secondary N) is 4. The third-order valence-electron chi connectivity index (χ3n) is 6.64. The summed E-state index contributed by atoms with van der Waals surface area (Å²) in [6, 6.07) is -3.53. The Bertz CT molecular complexity index is 1290. The van der Waals surface area contributed by atoms with E-state index in [-0.39, 0.29) is 42.2 Å². The van der Waals surface area contributed by atoms with Gasteiger partial charge in [-0.05, 0) is 42.4 Å². The van der Waals surface area contributed by atoms with Crippen LogP contribution >= 0.6 is 11.6 Å². The van der Waals surface area contributed by atoms with Gasteiger partial charge in [0.25, 0.3) is 0 Å². The molecule has 0 saturated heterocycles. The molecule has 0 aliphatic heterocycles. The van der Waals surface area contributed by atoms with Crippen LogP contribution in [0.5, 0.6) is 0 Å². The molecule has 0 aromatic heterocycles. The van der Waals surface area contributed by atoms with Crippen LogP contribution in [-0.4, -0.2) is 87.1 Å². The molecule has 15 nitrogen and oxygen atoms in total. The third-order valence-corrected chi connectivity index (χ3v) is 6.93. The molecule has 0 unspecified atom stereocenters. The molecule has 256 valence electrons. The van der Waals surface area contributed by atoms with Crippen molar-refractivity contribution in [1.29, 1.82) is 0 Å². The molecule has 0 fully saturated rings. The molecule has 0 bridgehead atoms. The molecule has 46 heavy (non-hydrogen) atoms. The van der Waals surface area contributed by atoms with Gasteiger partial charge in [-0.2, -0.15) is 0 Å². The van der Waals surface area contributed by atoms with Crippen molar-refractivity contribution in [3.05, 3.63) is 34.6 Å². The zero-order valence-corrected chi connectivity index (χ0v) is 26.6. The Morgan fingerprint density at radius 3 is 1.87 bits per heavy atom. The molecule has 9 N–H and O–H groups in total. The predicted octanol–water partition coefficient (Wildman–Crippen LogP) is 0.414. The summed E-state index contributed by atoms with van der Waals surface area (Å²) < 4.78 is 13.8. The molecule has 0 spiro atoms. The van der Waals surface area contributed by atoms with Crippen LogP contribution in [0.25, 0.3) is 0 Å². The molecule has 4 amide bonds. The summed E-state index contributed by atoms with van der Waals surface area (Å²) in [6.07, 6.45) is -1.77. The number of carbonyl (C=O) groups is 7. The van der Waals surface area contributed by atoms with Gasteiger partial charge in [-0.1, -0.05) is 45.4 Å². The van der Waals surface area contributed by atoms with E-state index in [0.29, 0.717) is 0 Å². The van der Waals surface area contributed by atoms with Gasteiger partial charge in [0.1, 0.15) is 30.0 Å². The normalized spacial score (nSPS) is 14.4. The van der Waals surface area contributed by atoms with Crippen molar-refractivity contribution in [2.75, 3.05) is 0 Å². The van der Waals surface area contributed by atoms with Gasteiger partial charge in [0.15, 0.2) is 0 Å². The van der Waals surface area contributed by atoms with Crippen molar-refractivity contribution >= 4 is 53.1 Å². The van der Waals surface area contributed by atoms with Gasteiger partial charge >= 0.3 is 17.9 Å². The van der Waals surface area contributed by atoms with E-state index in [4.69, 9.17) is 27.5 Å². The third kappa shape index (κ3) is 13.8. The Morgan fingerprint density at radius 1 is 0.804 bits per heavy atom.